The molecule has 1 aromatic rings. The molecule has 0 saturated carbocycles. The Morgan fingerprint density at radius 1 is 1.02 bits per heavy atom. The zero-order chi connectivity index (χ0) is 38.4. The number of aromatic nitrogens is 1. The molecule has 0 spiro atoms. The second-order valence-electron chi connectivity index (χ2n) is 13.9. The minimum Gasteiger partial charge on any atom is -0.469 e. The van der Waals surface area contributed by atoms with Crippen LogP contribution in [0.1, 0.15) is 44.7 Å². The molecule has 4 aliphatic heterocycles. The summed E-state index contributed by atoms with van der Waals surface area (Å²) in [7, 11) is 3.93. The van der Waals surface area contributed by atoms with Crippen molar-refractivity contribution in [2.75, 3.05) is 27.9 Å². The lowest BCUT2D eigenvalue weighted by molar-refractivity contribution is -0.229. The number of carbonyl (C=O) groups is 3. The molecule has 5 aliphatic rings. The molecule has 6 rings (SSSR count). The van der Waals surface area contributed by atoms with Crippen molar-refractivity contribution in [1.82, 2.24) is 4.98 Å². The Morgan fingerprint density at radius 2 is 1.77 bits per heavy atom. The topological polar surface area (TPSA) is 161 Å². The number of carbonyl (C=O) groups excluding carboxylic acids is 3. The van der Waals surface area contributed by atoms with Crippen molar-refractivity contribution >= 4 is 52.8 Å². The fourth-order valence-electron chi connectivity index (χ4n) is 8.14. The Kier molecular flexibility index (Phi) is 10.2. The van der Waals surface area contributed by atoms with Gasteiger partial charge in [-0.15, -0.1) is 0 Å². The first kappa shape index (κ1) is 37.3. The largest absolute Gasteiger partial charge is 0.469 e. The van der Waals surface area contributed by atoms with Crippen LogP contribution < -0.4 is 10.7 Å². The van der Waals surface area contributed by atoms with E-state index in [0.29, 0.717) is 56.6 Å². The number of hydrogen-bond donors (Lipinski definition) is 2. The van der Waals surface area contributed by atoms with Gasteiger partial charge in [0.1, 0.15) is 12.5 Å². The van der Waals surface area contributed by atoms with E-state index in [-0.39, 0.29) is 42.4 Å². The van der Waals surface area contributed by atoms with Gasteiger partial charge in [0.05, 0.1) is 61.2 Å². The summed E-state index contributed by atoms with van der Waals surface area (Å²) < 4.78 is 15.4. The molecule has 0 aromatic carbocycles. The molecule has 12 nitrogen and oxygen atoms in total. The summed E-state index contributed by atoms with van der Waals surface area (Å²) in [5, 5.41) is 10.8. The van der Waals surface area contributed by atoms with Crippen LogP contribution in [0.5, 0.6) is 0 Å². The maximum atomic E-state index is 13.7. The van der Waals surface area contributed by atoms with Crippen LogP contribution >= 0.6 is 0 Å². The van der Waals surface area contributed by atoms with E-state index in [2.05, 4.69) is 30.0 Å². The molecule has 8 bridgehead atoms. The third kappa shape index (κ3) is 6.25. The van der Waals surface area contributed by atoms with Crippen LogP contribution in [0, 0.1) is 30.1 Å². The summed E-state index contributed by atoms with van der Waals surface area (Å²) in [5.41, 5.74) is 6.61. The monoisotopic (exact) mass is 720 g/mol. The van der Waals surface area contributed by atoms with Crippen molar-refractivity contribution in [3.8, 4) is 0 Å². The van der Waals surface area contributed by atoms with Gasteiger partial charge in [-0.05, 0) is 79.7 Å². The van der Waals surface area contributed by atoms with Crippen LogP contribution in [0.3, 0.4) is 0 Å². The summed E-state index contributed by atoms with van der Waals surface area (Å²) in [5.74, 6) is -2.78. The van der Waals surface area contributed by atoms with Crippen LogP contribution in [0.2, 0.25) is 0 Å². The lowest BCUT2D eigenvalue weighted by Gasteiger charge is -2.37. The number of rotatable bonds is 9. The maximum Gasteiger partial charge on any atom is 0.334 e. The molecule has 0 radical (unpaired) electrons. The predicted octanol–water partition coefficient (Wildman–Crippen LogP) is 4.44. The number of aromatic amines is 1. The molecule has 2 N–H and O–H groups in total. The second-order valence-corrected chi connectivity index (χ2v) is 13.9. The van der Waals surface area contributed by atoms with Crippen molar-refractivity contribution in [3.05, 3.63) is 99.0 Å². The molecule has 5 heterocycles. The summed E-state index contributed by atoms with van der Waals surface area (Å²) in [6.07, 6.45) is 13.6. The van der Waals surface area contributed by atoms with E-state index in [1.807, 2.05) is 45.1 Å². The number of fused-ring (bicyclic) bond motifs is 8. The predicted molar refractivity (Wildman–Crippen MR) is 202 cm³/mol. The van der Waals surface area contributed by atoms with E-state index >= 15 is 0 Å². The third-order valence-corrected chi connectivity index (χ3v) is 11.1. The first-order valence-corrected chi connectivity index (χ1v) is 17.4. The number of methoxy groups -OCH3 is 3. The molecular formula is C41H44N4O8. The average molecular weight is 721 g/mol. The highest BCUT2D eigenvalue weighted by molar-refractivity contribution is 6.22. The van der Waals surface area contributed by atoms with Gasteiger partial charge in [-0.25, -0.2) is 14.7 Å². The number of nitrogens with zero attached hydrogens (tertiary/aromatic N) is 3. The lowest BCUT2D eigenvalue weighted by Crippen LogP contribution is -2.44. The highest BCUT2D eigenvalue weighted by atomic mass is 17.1. The van der Waals surface area contributed by atoms with Crippen molar-refractivity contribution in [3.63, 3.8) is 0 Å². The molecular weight excluding hydrogens is 676 g/mol. The number of hydrogen-bond acceptors (Lipinski definition) is 11. The van der Waals surface area contributed by atoms with Crippen LogP contribution in [0.4, 0.5) is 0 Å². The quantitative estimate of drug-likeness (QED) is 0.164. The Balaban J connectivity index is 1.69. The fourth-order valence-corrected chi connectivity index (χ4v) is 8.14. The molecule has 5 atom stereocenters. The summed E-state index contributed by atoms with van der Waals surface area (Å²) in [6, 6.07) is -0.275. The normalized spacial score (nSPS) is 25.6. The molecule has 1 aromatic heterocycles. The van der Waals surface area contributed by atoms with E-state index < -0.39 is 23.3 Å². The van der Waals surface area contributed by atoms with E-state index in [1.54, 1.807) is 18.2 Å². The van der Waals surface area contributed by atoms with Crippen molar-refractivity contribution in [2.24, 2.45) is 38.1 Å². The van der Waals surface area contributed by atoms with Gasteiger partial charge in [-0.1, -0.05) is 38.3 Å². The summed E-state index contributed by atoms with van der Waals surface area (Å²) >= 11 is 0. The Hall–Kier alpha value is -5.46. The Labute approximate surface area is 307 Å². The third-order valence-electron chi connectivity index (χ3n) is 11.1. The number of esters is 3. The fraction of sp³-hybridized carbons (Fsp3) is 0.366. The maximum absolute atomic E-state index is 13.7. The van der Waals surface area contributed by atoms with E-state index in [1.165, 1.54) is 21.3 Å². The molecule has 0 fully saturated rings. The zero-order valence-corrected chi connectivity index (χ0v) is 31.0. The smallest absolute Gasteiger partial charge is 0.334 e. The minimum atomic E-state index is -1.17. The van der Waals surface area contributed by atoms with Crippen molar-refractivity contribution in [1.29, 1.82) is 0 Å². The van der Waals surface area contributed by atoms with Gasteiger partial charge in [0, 0.05) is 39.9 Å². The van der Waals surface area contributed by atoms with Gasteiger partial charge in [-0.2, -0.15) is 0 Å². The molecule has 3 unspecified atom stereocenters. The number of aliphatic imine (C=N–C) groups is 3. The summed E-state index contributed by atoms with van der Waals surface area (Å²) in [4.78, 5) is 62.6. The Morgan fingerprint density at radius 3 is 2.43 bits per heavy atom. The number of ether oxygens (including phenoxy) is 3. The highest BCUT2D eigenvalue weighted by Crippen LogP contribution is 2.52. The molecule has 53 heavy (non-hydrogen) atoms. The number of nitrogens with one attached hydrogen (secondary N) is 1. The zero-order valence-electron chi connectivity index (χ0n) is 31.0. The first-order chi connectivity index (χ1) is 25.3. The lowest BCUT2D eigenvalue weighted by atomic mass is 9.63. The number of allylic oxidation sites excluding steroid dienone is 6. The molecule has 12 heteroatoms. The van der Waals surface area contributed by atoms with Gasteiger partial charge >= 0.3 is 17.9 Å². The van der Waals surface area contributed by atoms with Crippen LogP contribution in [-0.2, 0) is 33.5 Å². The van der Waals surface area contributed by atoms with Gasteiger partial charge in [0.2, 0.25) is 0 Å². The second kappa shape index (κ2) is 14.5. The molecule has 0 amide bonds. The van der Waals surface area contributed by atoms with Crippen molar-refractivity contribution in [2.45, 2.75) is 46.6 Å². The van der Waals surface area contributed by atoms with Gasteiger partial charge in [0.25, 0.3) is 0 Å². The van der Waals surface area contributed by atoms with Crippen LogP contribution in [-0.4, -0.2) is 79.3 Å². The Bertz CT molecular complexity index is 2220. The first-order valence-electron chi connectivity index (χ1n) is 17.4. The average Bonchev–Trinajstić information content (AvgIpc) is 3.80. The van der Waals surface area contributed by atoms with E-state index in [4.69, 9.17) is 29.2 Å². The summed E-state index contributed by atoms with van der Waals surface area (Å²) in [6.45, 7) is 16.0. The SMILES string of the molecule is C=CC1=C(C)C2=NC1=CC1N=C(C=c3[nH]c(c(C)c3C(=C)COO)=CC3=NC(=C2)C2=CC=C(C(=O)OC)[C@@H](C(=O)OC)[C@]23C)C(CCC(=O)OC)C1C. The van der Waals surface area contributed by atoms with Crippen LogP contribution in [0.25, 0.3) is 17.7 Å². The standard InChI is InChI=1S/C41H44N4O8/c1-10-24-21(3)29-16-33-27-13-11-26(39(47)51-8)38(40(48)52-9)41(27,6)35(45-33)18-30-23(5)37(20(2)19-53-49)34(44-30)17-32-25(12-14-36(46)50-7)22(4)28(43-32)15-31(24)42-29/h10-11,13,15-18,22,25,28,38,44,49H,1-2,12,14,19H2,3-9H3/t22?,25?,28?,38-,41+/m0/s1. The van der Waals surface area contributed by atoms with E-state index in [9.17, 15) is 19.6 Å². The number of H-pyrrole nitrogens is 1. The van der Waals surface area contributed by atoms with E-state index in [0.717, 1.165) is 22.4 Å². The van der Waals surface area contributed by atoms with Gasteiger partial charge in [-0.3, -0.25) is 24.8 Å². The molecule has 0 saturated heterocycles. The van der Waals surface area contributed by atoms with Crippen LogP contribution in [0.15, 0.2) is 92.2 Å². The highest BCUT2D eigenvalue weighted by Gasteiger charge is 2.55. The van der Waals surface area contributed by atoms with Gasteiger partial charge < -0.3 is 19.2 Å². The van der Waals surface area contributed by atoms with Crippen molar-refractivity contribution < 1.29 is 38.7 Å². The molecule has 1 aliphatic carbocycles. The molecule has 276 valence electrons. The van der Waals surface area contributed by atoms with Gasteiger partial charge in [0.15, 0.2) is 0 Å². The minimum absolute atomic E-state index is 0.00769.